The van der Waals surface area contributed by atoms with Crippen molar-refractivity contribution in [1.82, 2.24) is 5.32 Å². The highest BCUT2D eigenvalue weighted by Gasteiger charge is 2.38. The molecule has 0 saturated carbocycles. The number of nitrogens with zero attached hydrogens (tertiary/aromatic N) is 1. The molecule has 1 aliphatic rings. The molecule has 0 saturated heterocycles. The normalized spacial score (nSPS) is 13.7. The molecule has 31 heavy (non-hydrogen) atoms. The van der Waals surface area contributed by atoms with Gasteiger partial charge in [-0.05, 0) is 54.6 Å². The molecule has 0 atom stereocenters. The summed E-state index contributed by atoms with van der Waals surface area (Å²) in [7, 11) is 0. The topological polar surface area (TPSA) is 91.7 Å². The van der Waals surface area contributed by atoms with E-state index in [9.17, 15) is 14.4 Å². The first-order valence-electron chi connectivity index (χ1n) is 9.16. The molecule has 0 fully saturated rings. The molecular weight excluding hydrogens is 486 g/mol. The van der Waals surface area contributed by atoms with Gasteiger partial charge in [0.05, 0.1) is 18.5 Å². The number of benzene rings is 2. The minimum Gasteiger partial charge on any atom is -0.467 e. The first-order valence-corrected chi connectivity index (χ1v) is 10.3. The third-order valence-corrected chi connectivity index (χ3v) is 5.39. The smallest absolute Gasteiger partial charge is 0.283 e. The largest absolute Gasteiger partial charge is 0.467 e. The molecule has 1 aliphatic heterocycles. The van der Waals surface area contributed by atoms with Crippen LogP contribution in [-0.4, -0.2) is 17.7 Å². The number of hydrogen-bond acceptors (Lipinski definition) is 5. The number of furan rings is 1. The molecular formula is C22H15BrClN3O4. The fourth-order valence-electron chi connectivity index (χ4n) is 3.00. The number of anilines is 2. The van der Waals surface area contributed by atoms with E-state index in [-0.39, 0.29) is 23.2 Å². The van der Waals surface area contributed by atoms with Crippen molar-refractivity contribution in [3.8, 4) is 0 Å². The highest BCUT2D eigenvalue weighted by Crippen LogP contribution is 2.30. The second-order valence-electron chi connectivity index (χ2n) is 6.58. The summed E-state index contributed by atoms with van der Waals surface area (Å²) in [5.41, 5.74) is 1.16. The fraction of sp³-hybridized carbons (Fsp3) is 0.0455. The molecule has 2 heterocycles. The molecule has 0 spiro atoms. The quantitative estimate of drug-likeness (QED) is 0.489. The Bertz CT molecular complexity index is 1190. The summed E-state index contributed by atoms with van der Waals surface area (Å²) in [6.45, 7) is 0.246. The Labute approximate surface area is 190 Å². The standard InChI is InChI=1S/C22H15BrClN3O4/c23-14-6-8-16(9-7-14)27-21(29)18(24)19(22(27)30)26-15-4-1-3-13(11-15)20(28)25-12-17-5-2-10-31-17/h1-11,26H,12H2,(H,25,28). The van der Waals surface area contributed by atoms with Crippen LogP contribution in [0, 0.1) is 0 Å². The Balaban J connectivity index is 1.50. The Morgan fingerprint density at radius 1 is 1.03 bits per heavy atom. The molecule has 7 nitrogen and oxygen atoms in total. The lowest BCUT2D eigenvalue weighted by molar-refractivity contribution is -0.120. The summed E-state index contributed by atoms with van der Waals surface area (Å²) >= 11 is 9.48. The van der Waals surface area contributed by atoms with Crippen molar-refractivity contribution in [3.05, 3.63) is 93.5 Å². The number of rotatable bonds is 6. The molecule has 1 aromatic heterocycles. The molecule has 3 amide bonds. The molecule has 0 aliphatic carbocycles. The first-order chi connectivity index (χ1) is 14.9. The molecule has 2 aromatic carbocycles. The summed E-state index contributed by atoms with van der Waals surface area (Å²) in [6, 6.07) is 16.7. The number of halogens is 2. The van der Waals surface area contributed by atoms with Crippen LogP contribution in [0.2, 0.25) is 0 Å². The molecule has 0 bridgehead atoms. The van der Waals surface area contributed by atoms with Gasteiger partial charge in [-0.2, -0.15) is 0 Å². The van der Waals surface area contributed by atoms with Gasteiger partial charge in [-0.25, -0.2) is 4.90 Å². The minimum atomic E-state index is -0.621. The van der Waals surface area contributed by atoms with Gasteiger partial charge < -0.3 is 15.1 Å². The lowest BCUT2D eigenvalue weighted by atomic mass is 10.2. The van der Waals surface area contributed by atoms with Crippen LogP contribution in [-0.2, 0) is 16.1 Å². The van der Waals surface area contributed by atoms with E-state index in [0.717, 1.165) is 9.37 Å². The number of carbonyl (C=O) groups is 3. The fourth-order valence-corrected chi connectivity index (χ4v) is 3.48. The van der Waals surface area contributed by atoms with E-state index in [4.69, 9.17) is 16.0 Å². The number of carbonyl (C=O) groups excluding carboxylic acids is 3. The third-order valence-electron chi connectivity index (χ3n) is 4.51. The number of nitrogens with one attached hydrogen (secondary N) is 2. The summed E-state index contributed by atoms with van der Waals surface area (Å²) in [5.74, 6) is -0.887. The summed E-state index contributed by atoms with van der Waals surface area (Å²) < 4.78 is 6.01. The molecule has 3 aromatic rings. The third kappa shape index (κ3) is 4.40. The summed E-state index contributed by atoms with van der Waals surface area (Å²) in [4.78, 5) is 38.9. The molecule has 2 N–H and O–H groups in total. The monoisotopic (exact) mass is 499 g/mol. The highest BCUT2D eigenvalue weighted by molar-refractivity contribution is 9.10. The van der Waals surface area contributed by atoms with E-state index in [2.05, 4.69) is 26.6 Å². The van der Waals surface area contributed by atoms with E-state index in [1.54, 1.807) is 60.7 Å². The Hall–Kier alpha value is -3.36. The molecule has 0 unspecified atom stereocenters. The predicted octanol–water partition coefficient (Wildman–Crippen LogP) is 4.41. The van der Waals surface area contributed by atoms with Crippen molar-refractivity contribution in [2.24, 2.45) is 0 Å². The Morgan fingerprint density at radius 2 is 1.81 bits per heavy atom. The SMILES string of the molecule is O=C(NCc1ccco1)c1cccc(NC2=C(Cl)C(=O)N(c3ccc(Br)cc3)C2=O)c1. The first kappa shape index (κ1) is 20.9. The van der Waals surface area contributed by atoms with Gasteiger partial charge in [0.15, 0.2) is 0 Å². The Morgan fingerprint density at radius 3 is 2.52 bits per heavy atom. The molecule has 4 rings (SSSR count). The van der Waals surface area contributed by atoms with Crippen molar-refractivity contribution in [1.29, 1.82) is 0 Å². The zero-order valence-corrected chi connectivity index (χ0v) is 18.2. The van der Waals surface area contributed by atoms with Crippen LogP contribution in [0.1, 0.15) is 16.1 Å². The van der Waals surface area contributed by atoms with Gasteiger partial charge in [-0.3, -0.25) is 14.4 Å². The summed E-state index contributed by atoms with van der Waals surface area (Å²) in [6.07, 6.45) is 1.53. The van der Waals surface area contributed by atoms with Crippen molar-refractivity contribution in [3.63, 3.8) is 0 Å². The zero-order valence-electron chi connectivity index (χ0n) is 15.9. The van der Waals surface area contributed by atoms with E-state index < -0.39 is 11.8 Å². The maximum Gasteiger partial charge on any atom is 0.283 e. The minimum absolute atomic E-state index is 0.0530. The van der Waals surface area contributed by atoms with Crippen LogP contribution < -0.4 is 15.5 Å². The van der Waals surface area contributed by atoms with Crippen LogP contribution in [0.15, 0.2) is 86.5 Å². The van der Waals surface area contributed by atoms with Crippen LogP contribution in [0.5, 0.6) is 0 Å². The van der Waals surface area contributed by atoms with Crippen LogP contribution in [0.3, 0.4) is 0 Å². The van der Waals surface area contributed by atoms with Gasteiger partial charge in [0.2, 0.25) is 0 Å². The van der Waals surface area contributed by atoms with E-state index in [1.807, 2.05) is 0 Å². The van der Waals surface area contributed by atoms with Crippen LogP contribution in [0.25, 0.3) is 0 Å². The zero-order chi connectivity index (χ0) is 22.0. The molecule has 9 heteroatoms. The summed E-state index contributed by atoms with van der Waals surface area (Å²) in [5, 5.41) is 5.40. The molecule has 0 radical (unpaired) electrons. The van der Waals surface area contributed by atoms with Crippen molar-refractivity contribution >= 4 is 56.6 Å². The number of imide groups is 1. The second-order valence-corrected chi connectivity index (χ2v) is 7.87. The van der Waals surface area contributed by atoms with Crippen LogP contribution in [0.4, 0.5) is 11.4 Å². The van der Waals surface area contributed by atoms with Gasteiger partial charge in [0.1, 0.15) is 16.5 Å². The Kier molecular flexibility index (Phi) is 5.92. The van der Waals surface area contributed by atoms with Gasteiger partial charge in [0, 0.05) is 15.7 Å². The van der Waals surface area contributed by atoms with Gasteiger partial charge in [0.25, 0.3) is 17.7 Å². The lowest BCUT2D eigenvalue weighted by Crippen LogP contribution is -2.32. The maximum absolute atomic E-state index is 12.9. The van der Waals surface area contributed by atoms with Gasteiger partial charge in [-0.1, -0.05) is 33.6 Å². The average Bonchev–Trinajstić information content (AvgIpc) is 3.36. The highest BCUT2D eigenvalue weighted by atomic mass is 79.9. The van der Waals surface area contributed by atoms with Crippen molar-refractivity contribution in [2.75, 3.05) is 10.2 Å². The number of amides is 3. The lowest BCUT2D eigenvalue weighted by Gasteiger charge is -2.15. The van der Waals surface area contributed by atoms with Crippen LogP contribution >= 0.6 is 27.5 Å². The van der Waals surface area contributed by atoms with E-state index >= 15 is 0 Å². The van der Waals surface area contributed by atoms with E-state index in [0.29, 0.717) is 22.7 Å². The average molecular weight is 501 g/mol. The van der Waals surface area contributed by atoms with Crippen molar-refractivity contribution < 1.29 is 18.8 Å². The maximum atomic E-state index is 12.9. The van der Waals surface area contributed by atoms with Gasteiger partial charge >= 0.3 is 0 Å². The number of hydrogen-bond donors (Lipinski definition) is 2. The van der Waals surface area contributed by atoms with Gasteiger partial charge in [-0.15, -0.1) is 0 Å². The van der Waals surface area contributed by atoms with Crippen molar-refractivity contribution in [2.45, 2.75) is 6.54 Å². The predicted molar refractivity (Wildman–Crippen MR) is 119 cm³/mol. The second kappa shape index (κ2) is 8.79. The van der Waals surface area contributed by atoms with E-state index in [1.165, 1.54) is 6.26 Å². The molecule has 156 valence electrons.